The van der Waals surface area contributed by atoms with Gasteiger partial charge in [-0.15, -0.1) is 0 Å². The zero-order chi connectivity index (χ0) is 12.7. The summed E-state index contributed by atoms with van der Waals surface area (Å²) in [7, 11) is -1.02. The van der Waals surface area contributed by atoms with Gasteiger partial charge in [-0.3, -0.25) is 4.21 Å². The lowest BCUT2D eigenvalue weighted by Gasteiger charge is -2.09. The monoisotopic (exact) mass is 260 g/mol. The predicted octanol–water partition coefficient (Wildman–Crippen LogP) is 2.53. The smallest absolute Gasteiger partial charge is 0.115 e. The Hall–Kier alpha value is -1.81. The van der Waals surface area contributed by atoms with Gasteiger partial charge >= 0.3 is 0 Å². The van der Waals surface area contributed by atoms with E-state index in [-0.39, 0.29) is 11.5 Å². The van der Waals surface area contributed by atoms with E-state index in [9.17, 15) is 14.4 Å². The van der Waals surface area contributed by atoms with Gasteiger partial charge in [0.2, 0.25) is 0 Å². The molecule has 92 valence electrons. The molecule has 0 saturated carbocycles. The summed E-state index contributed by atoms with van der Waals surface area (Å²) in [5, 5.41) is 19.0. The molecule has 0 fully saturated rings. The molecule has 0 bridgehead atoms. The van der Waals surface area contributed by atoms with Gasteiger partial charge in [0.25, 0.3) is 0 Å². The van der Waals surface area contributed by atoms with Crippen molar-refractivity contribution < 1.29 is 14.4 Å². The lowest BCUT2D eigenvalue weighted by molar-refractivity contribution is 0.474. The number of hydrogen-bond acceptors (Lipinski definition) is 3. The minimum atomic E-state index is -1.02. The first-order chi connectivity index (χ1) is 8.63. The van der Waals surface area contributed by atoms with Crippen LogP contribution >= 0.6 is 0 Å². The highest BCUT2D eigenvalue weighted by atomic mass is 32.2. The second kappa shape index (κ2) is 4.14. The van der Waals surface area contributed by atoms with Gasteiger partial charge < -0.3 is 10.2 Å². The van der Waals surface area contributed by atoms with E-state index in [1.807, 2.05) is 12.1 Å². The molecule has 2 aromatic rings. The van der Waals surface area contributed by atoms with Crippen molar-refractivity contribution in [2.75, 3.05) is 0 Å². The highest BCUT2D eigenvalue weighted by molar-refractivity contribution is 7.83. The van der Waals surface area contributed by atoms with Crippen LogP contribution in [-0.2, 0) is 22.3 Å². The summed E-state index contributed by atoms with van der Waals surface area (Å²) < 4.78 is 12.0. The van der Waals surface area contributed by atoms with Crippen molar-refractivity contribution in [3.05, 3.63) is 47.5 Å². The van der Waals surface area contributed by atoms with Gasteiger partial charge in [0.1, 0.15) is 11.5 Å². The Kier molecular flexibility index (Phi) is 2.59. The van der Waals surface area contributed by atoms with Gasteiger partial charge in [0.15, 0.2) is 0 Å². The minimum absolute atomic E-state index is 0.188. The molecule has 18 heavy (non-hydrogen) atoms. The number of aromatic hydroxyl groups is 2. The van der Waals surface area contributed by atoms with Crippen LogP contribution in [0.25, 0.3) is 11.1 Å². The van der Waals surface area contributed by atoms with Crippen LogP contribution < -0.4 is 0 Å². The molecule has 0 saturated heterocycles. The van der Waals surface area contributed by atoms with Crippen LogP contribution in [0, 0.1) is 0 Å². The SMILES string of the molecule is O=S1Cc2cc(O)ccc2-c2ccc(O)cc2C1. The molecule has 4 heteroatoms. The molecule has 1 aliphatic rings. The Labute approximate surface area is 107 Å². The first-order valence-electron chi connectivity index (χ1n) is 5.62. The van der Waals surface area contributed by atoms with Gasteiger partial charge in [-0.25, -0.2) is 0 Å². The lowest BCUT2D eigenvalue weighted by Crippen LogP contribution is -1.96. The van der Waals surface area contributed by atoms with E-state index in [1.54, 1.807) is 24.3 Å². The third-order valence-corrected chi connectivity index (χ3v) is 4.37. The molecule has 1 aliphatic heterocycles. The number of fused-ring (bicyclic) bond motifs is 3. The topological polar surface area (TPSA) is 57.5 Å². The third-order valence-electron chi connectivity index (χ3n) is 3.10. The van der Waals surface area contributed by atoms with Gasteiger partial charge in [0, 0.05) is 22.3 Å². The van der Waals surface area contributed by atoms with Crippen LogP contribution in [0.5, 0.6) is 11.5 Å². The van der Waals surface area contributed by atoms with Crippen LogP contribution in [0.1, 0.15) is 11.1 Å². The van der Waals surface area contributed by atoms with E-state index in [1.165, 1.54) is 0 Å². The Morgan fingerprint density at radius 1 is 0.833 bits per heavy atom. The molecule has 3 rings (SSSR count). The maximum absolute atomic E-state index is 12.0. The van der Waals surface area contributed by atoms with Crippen molar-refractivity contribution in [3.63, 3.8) is 0 Å². The number of phenols is 2. The fourth-order valence-corrected chi connectivity index (χ4v) is 3.60. The summed E-state index contributed by atoms with van der Waals surface area (Å²) in [5.41, 5.74) is 3.73. The van der Waals surface area contributed by atoms with E-state index < -0.39 is 10.8 Å². The second-order valence-corrected chi connectivity index (χ2v) is 5.87. The average Bonchev–Trinajstić information content (AvgIpc) is 2.42. The molecule has 2 N–H and O–H groups in total. The van der Waals surface area contributed by atoms with Gasteiger partial charge in [-0.2, -0.15) is 0 Å². The largest absolute Gasteiger partial charge is 0.508 e. The molecule has 3 nitrogen and oxygen atoms in total. The Morgan fingerprint density at radius 3 is 1.72 bits per heavy atom. The minimum Gasteiger partial charge on any atom is -0.508 e. The van der Waals surface area contributed by atoms with Gasteiger partial charge in [0.05, 0.1) is 0 Å². The van der Waals surface area contributed by atoms with Crippen LogP contribution in [0.3, 0.4) is 0 Å². The number of rotatable bonds is 0. The Bertz CT molecular complexity index is 594. The van der Waals surface area contributed by atoms with Crippen molar-refractivity contribution >= 4 is 10.8 Å². The van der Waals surface area contributed by atoms with Crippen LogP contribution in [0.15, 0.2) is 36.4 Å². The summed E-state index contributed by atoms with van der Waals surface area (Å²) in [6.45, 7) is 0. The summed E-state index contributed by atoms with van der Waals surface area (Å²) in [6, 6.07) is 10.3. The highest BCUT2D eigenvalue weighted by Crippen LogP contribution is 2.35. The highest BCUT2D eigenvalue weighted by Gasteiger charge is 2.18. The van der Waals surface area contributed by atoms with E-state index in [4.69, 9.17) is 0 Å². The quantitative estimate of drug-likeness (QED) is 0.765. The van der Waals surface area contributed by atoms with E-state index in [0.717, 1.165) is 22.3 Å². The van der Waals surface area contributed by atoms with E-state index in [0.29, 0.717) is 11.5 Å². The van der Waals surface area contributed by atoms with Crippen molar-refractivity contribution in [1.29, 1.82) is 0 Å². The van der Waals surface area contributed by atoms with Crippen molar-refractivity contribution in [3.8, 4) is 22.6 Å². The fourth-order valence-electron chi connectivity index (χ4n) is 2.32. The summed E-state index contributed by atoms with van der Waals surface area (Å²) >= 11 is 0. The molecular weight excluding hydrogens is 248 g/mol. The molecular formula is C14H12O3S. The number of phenolic OH excluding ortho intramolecular Hbond substituents is 2. The summed E-state index contributed by atoms with van der Waals surface area (Å²) in [4.78, 5) is 0. The average molecular weight is 260 g/mol. The van der Waals surface area contributed by atoms with Crippen molar-refractivity contribution in [2.24, 2.45) is 0 Å². The van der Waals surface area contributed by atoms with Gasteiger partial charge in [-0.1, -0.05) is 12.1 Å². The van der Waals surface area contributed by atoms with Gasteiger partial charge in [-0.05, 0) is 46.5 Å². The molecule has 0 radical (unpaired) electrons. The molecule has 2 aromatic carbocycles. The fraction of sp³-hybridized carbons (Fsp3) is 0.143. The van der Waals surface area contributed by atoms with E-state index in [2.05, 4.69) is 0 Å². The maximum Gasteiger partial charge on any atom is 0.115 e. The zero-order valence-electron chi connectivity index (χ0n) is 9.59. The molecule has 0 atom stereocenters. The van der Waals surface area contributed by atoms with Crippen LogP contribution in [-0.4, -0.2) is 14.4 Å². The third kappa shape index (κ3) is 1.88. The first kappa shape index (κ1) is 11.3. The molecule has 0 amide bonds. The van der Waals surface area contributed by atoms with Crippen LogP contribution in [0.4, 0.5) is 0 Å². The molecule has 1 heterocycles. The van der Waals surface area contributed by atoms with E-state index >= 15 is 0 Å². The number of hydrogen-bond donors (Lipinski definition) is 2. The standard InChI is InChI=1S/C14H12O3S/c15-11-1-3-13-9(5-11)7-18(17)8-10-6-12(16)2-4-14(10)13/h1-6,15-16H,7-8H2. The van der Waals surface area contributed by atoms with Crippen molar-refractivity contribution in [1.82, 2.24) is 0 Å². The number of benzene rings is 2. The molecule has 0 aliphatic carbocycles. The normalized spacial score (nSPS) is 14.7. The summed E-state index contributed by atoms with van der Waals surface area (Å²) in [5.74, 6) is 1.24. The first-order valence-corrected chi connectivity index (χ1v) is 7.11. The summed E-state index contributed by atoms with van der Waals surface area (Å²) in [6.07, 6.45) is 0. The second-order valence-electron chi connectivity index (χ2n) is 4.41. The maximum atomic E-state index is 12.0. The molecule has 0 aromatic heterocycles. The Balaban J connectivity index is 2.28. The molecule has 0 unspecified atom stereocenters. The lowest BCUT2D eigenvalue weighted by atomic mass is 9.96. The van der Waals surface area contributed by atoms with Crippen molar-refractivity contribution in [2.45, 2.75) is 11.5 Å². The zero-order valence-corrected chi connectivity index (χ0v) is 10.4. The van der Waals surface area contributed by atoms with Crippen LogP contribution in [0.2, 0.25) is 0 Å². The predicted molar refractivity (Wildman–Crippen MR) is 70.8 cm³/mol. The molecule has 0 spiro atoms. The Morgan fingerprint density at radius 2 is 1.28 bits per heavy atom.